The molecule has 0 bridgehead atoms. The molecular weight excluding hydrogens is 336 g/mol. The summed E-state index contributed by atoms with van der Waals surface area (Å²) in [5.74, 6) is 0.737. The standard InChI is InChI=1S/C16H26N2O3S.ClH/c1-12(2)21-16-8-7-15(10-13(16)3)22(19,20)18-9-5-6-14(11-18)17-4;/h7-8,10,12,14,17H,5-6,9,11H2,1-4H3;1H. The van der Waals surface area contributed by atoms with E-state index < -0.39 is 10.0 Å². The third kappa shape index (κ3) is 4.83. The minimum absolute atomic E-state index is 0. The lowest BCUT2D eigenvalue weighted by molar-refractivity contribution is 0.240. The Balaban J connectivity index is 0.00000264. The predicted octanol–water partition coefficient (Wildman–Crippen LogP) is 2.58. The summed E-state index contributed by atoms with van der Waals surface area (Å²) in [7, 11) is -1.56. The molecule has 132 valence electrons. The molecule has 1 aromatic rings. The molecule has 1 aliphatic heterocycles. The van der Waals surface area contributed by atoms with Crippen molar-refractivity contribution in [2.45, 2.75) is 50.7 Å². The molecule has 1 heterocycles. The second-order valence-corrected chi connectivity index (χ2v) is 8.02. The van der Waals surface area contributed by atoms with Crippen LogP contribution in [-0.4, -0.2) is 45.0 Å². The lowest BCUT2D eigenvalue weighted by Gasteiger charge is -2.31. The Morgan fingerprint density at radius 3 is 2.61 bits per heavy atom. The Bertz CT molecular complexity index is 620. The van der Waals surface area contributed by atoms with Crippen molar-refractivity contribution in [3.05, 3.63) is 23.8 Å². The number of nitrogens with one attached hydrogen (secondary N) is 1. The Hall–Kier alpha value is -0.820. The minimum Gasteiger partial charge on any atom is -0.491 e. The van der Waals surface area contributed by atoms with Gasteiger partial charge < -0.3 is 10.1 Å². The van der Waals surface area contributed by atoms with Gasteiger partial charge in [-0.15, -0.1) is 12.4 Å². The molecule has 0 radical (unpaired) electrons. The number of hydrogen-bond acceptors (Lipinski definition) is 4. The molecule has 0 aromatic heterocycles. The largest absolute Gasteiger partial charge is 0.491 e. The zero-order valence-electron chi connectivity index (χ0n) is 14.2. The number of sulfonamides is 1. The number of aryl methyl sites for hydroxylation is 1. The van der Waals surface area contributed by atoms with Crippen LogP contribution >= 0.6 is 12.4 Å². The summed E-state index contributed by atoms with van der Waals surface area (Å²) in [6.07, 6.45) is 1.97. The van der Waals surface area contributed by atoms with Gasteiger partial charge in [-0.3, -0.25) is 0 Å². The number of benzene rings is 1. The maximum atomic E-state index is 12.8. The molecule has 1 N–H and O–H groups in total. The summed E-state index contributed by atoms with van der Waals surface area (Å²) >= 11 is 0. The number of hydrogen-bond donors (Lipinski definition) is 1. The van der Waals surface area contributed by atoms with Crippen LogP contribution in [0.15, 0.2) is 23.1 Å². The lowest BCUT2D eigenvalue weighted by atomic mass is 10.1. The van der Waals surface area contributed by atoms with E-state index in [0.29, 0.717) is 18.0 Å². The van der Waals surface area contributed by atoms with Crippen LogP contribution in [0.2, 0.25) is 0 Å². The summed E-state index contributed by atoms with van der Waals surface area (Å²) in [5.41, 5.74) is 0.844. The van der Waals surface area contributed by atoms with E-state index in [1.54, 1.807) is 22.5 Å². The highest BCUT2D eigenvalue weighted by molar-refractivity contribution is 7.89. The molecule has 1 aromatic carbocycles. The van der Waals surface area contributed by atoms with Gasteiger partial charge >= 0.3 is 0 Å². The average molecular weight is 363 g/mol. The van der Waals surface area contributed by atoms with Crippen LogP contribution in [0, 0.1) is 6.92 Å². The minimum atomic E-state index is -3.43. The fourth-order valence-electron chi connectivity index (χ4n) is 2.71. The number of halogens is 1. The molecule has 0 saturated carbocycles. The Morgan fingerprint density at radius 2 is 2.04 bits per heavy atom. The lowest BCUT2D eigenvalue weighted by Crippen LogP contribution is -2.46. The zero-order chi connectivity index (χ0) is 16.3. The molecule has 23 heavy (non-hydrogen) atoms. The molecule has 1 unspecified atom stereocenters. The number of rotatable bonds is 5. The van der Waals surface area contributed by atoms with Crippen LogP contribution in [-0.2, 0) is 10.0 Å². The molecule has 0 aliphatic carbocycles. The molecule has 0 amide bonds. The molecular formula is C16H27ClN2O3S. The van der Waals surface area contributed by atoms with Gasteiger partial charge in [0.25, 0.3) is 0 Å². The van der Waals surface area contributed by atoms with Gasteiger partial charge in [0, 0.05) is 19.1 Å². The third-order valence-electron chi connectivity index (χ3n) is 3.94. The molecule has 2 rings (SSSR count). The first-order chi connectivity index (χ1) is 10.3. The van der Waals surface area contributed by atoms with Crippen LogP contribution in [0.5, 0.6) is 5.75 Å². The van der Waals surface area contributed by atoms with E-state index in [9.17, 15) is 8.42 Å². The fraction of sp³-hybridized carbons (Fsp3) is 0.625. The van der Waals surface area contributed by atoms with Crippen molar-refractivity contribution in [1.82, 2.24) is 9.62 Å². The first-order valence-corrected chi connectivity index (χ1v) is 9.23. The second-order valence-electron chi connectivity index (χ2n) is 6.08. The number of ether oxygens (including phenoxy) is 1. The van der Waals surface area contributed by atoms with Crippen LogP contribution < -0.4 is 10.1 Å². The molecule has 1 saturated heterocycles. The van der Waals surface area contributed by atoms with Crippen molar-refractivity contribution in [2.24, 2.45) is 0 Å². The number of likely N-dealkylation sites (N-methyl/N-ethyl adjacent to an activating group) is 1. The van der Waals surface area contributed by atoms with Crippen LogP contribution in [0.25, 0.3) is 0 Å². The van der Waals surface area contributed by atoms with Crippen molar-refractivity contribution in [1.29, 1.82) is 0 Å². The highest BCUT2D eigenvalue weighted by Gasteiger charge is 2.29. The summed E-state index contributed by atoms with van der Waals surface area (Å²) in [6.45, 7) is 6.90. The normalized spacial score (nSPS) is 19.4. The van der Waals surface area contributed by atoms with Gasteiger partial charge in [-0.25, -0.2) is 8.42 Å². The zero-order valence-corrected chi connectivity index (χ0v) is 15.8. The van der Waals surface area contributed by atoms with E-state index in [2.05, 4.69) is 5.32 Å². The van der Waals surface area contributed by atoms with Gasteiger partial charge in [0.2, 0.25) is 10.0 Å². The highest BCUT2D eigenvalue weighted by atomic mass is 35.5. The van der Waals surface area contributed by atoms with Crippen molar-refractivity contribution in [3.8, 4) is 5.75 Å². The van der Waals surface area contributed by atoms with Gasteiger partial charge in [-0.1, -0.05) is 0 Å². The van der Waals surface area contributed by atoms with Gasteiger partial charge in [-0.05, 0) is 64.4 Å². The summed E-state index contributed by atoms with van der Waals surface area (Å²) in [5, 5.41) is 3.17. The van der Waals surface area contributed by atoms with Gasteiger partial charge in [0.1, 0.15) is 5.75 Å². The van der Waals surface area contributed by atoms with E-state index in [4.69, 9.17) is 4.74 Å². The van der Waals surface area contributed by atoms with Crippen molar-refractivity contribution >= 4 is 22.4 Å². The van der Waals surface area contributed by atoms with E-state index in [0.717, 1.165) is 24.2 Å². The Kier molecular flexibility index (Phi) is 7.32. The number of nitrogens with zero attached hydrogens (tertiary/aromatic N) is 1. The Morgan fingerprint density at radius 1 is 1.35 bits per heavy atom. The predicted molar refractivity (Wildman–Crippen MR) is 95.0 cm³/mol. The van der Waals surface area contributed by atoms with Crippen LogP contribution in [0.1, 0.15) is 32.3 Å². The summed E-state index contributed by atoms with van der Waals surface area (Å²) in [4.78, 5) is 0.345. The highest BCUT2D eigenvalue weighted by Crippen LogP contribution is 2.26. The average Bonchev–Trinajstić information content (AvgIpc) is 2.49. The quantitative estimate of drug-likeness (QED) is 0.874. The summed E-state index contributed by atoms with van der Waals surface area (Å²) < 4.78 is 32.8. The van der Waals surface area contributed by atoms with E-state index in [1.165, 1.54) is 0 Å². The van der Waals surface area contributed by atoms with Gasteiger partial charge in [0.05, 0.1) is 11.0 Å². The first-order valence-electron chi connectivity index (χ1n) is 7.79. The fourth-order valence-corrected chi connectivity index (χ4v) is 4.32. The monoisotopic (exact) mass is 362 g/mol. The van der Waals surface area contributed by atoms with Crippen molar-refractivity contribution in [3.63, 3.8) is 0 Å². The maximum Gasteiger partial charge on any atom is 0.243 e. The second kappa shape index (κ2) is 8.33. The molecule has 5 nitrogen and oxygen atoms in total. The van der Waals surface area contributed by atoms with Gasteiger partial charge in [0.15, 0.2) is 0 Å². The topological polar surface area (TPSA) is 58.6 Å². The SMILES string of the molecule is CNC1CCCN(S(=O)(=O)c2ccc(OC(C)C)c(C)c2)C1.Cl. The van der Waals surface area contributed by atoms with Gasteiger partial charge in [-0.2, -0.15) is 4.31 Å². The molecule has 1 atom stereocenters. The smallest absolute Gasteiger partial charge is 0.243 e. The molecule has 1 fully saturated rings. The Labute approximate surface area is 145 Å². The maximum absolute atomic E-state index is 12.8. The van der Waals surface area contributed by atoms with Crippen LogP contribution in [0.4, 0.5) is 0 Å². The van der Waals surface area contributed by atoms with E-state index >= 15 is 0 Å². The molecule has 7 heteroatoms. The third-order valence-corrected chi connectivity index (χ3v) is 5.80. The first kappa shape index (κ1) is 20.2. The molecule has 1 aliphatic rings. The van der Waals surface area contributed by atoms with Crippen molar-refractivity contribution < 1.29 is 13.2 Å². The summed E-state index contributed by atoms with van der Waals surface area (Å²) in [6, 6.07) is 5.33. The van der Waals surface area contributed by atoms with Crippen LogP contribution in [0.3, 0.4) is 0 Å². The number of piperidine rings is 1. The van der Waals surface area contributed by atoms with E-state index in [1.807, 2.05) is 27.8 Å². The van der Waals surface area contributed by atoms with E-state index in [-0.39, 0.29) is 24.6 Å². The molecule has 0 spiro atoms. The van der Waals surface area contributed by atoms with Crippen molar-refractivity contribution in [2.75, 3.05) is 20.1 Å².